The van der Waals surface area contributed by atoms with Crippen molar-refractivity contribution in [3.8, 4) is 0 Å². The average molecular weight is 299 g/mol. The summed E-state index contributed by atoms with van der Waals surface area (Å²) in [6.45, 7) is 7.10. The molecule has 0 spiro atoms. The second kappa shape index (κ2) is 6.41. The second-order valence-corrected chi connectivity index (χ2v) is 6.23. The van der Waals surface area contributed by atoms with Crippen molar-refractivity contribution in [3.05, 3.63) is 52.9 Å². The second-order valence-electron chi connectivity index (χ2n) is 5.32. The molecule has 1 N–H and O–H groups in total. The van der Waals surface area contributed by atoms with Gasteiger partial charge in [0, 0.05) is 17.4 Å². The van der Waals surface area contributed by atoms with Crippen LogP contribution < -0.4 is 5.32 Å². The third kappa shape index (κ3) is 3.01. The summed E-state index contributed by atoms with van der Waals surface area (Å²) in [7, 11) is 0. The van der Waals surface area contributed by atoms with Crippen molar-refractivity contribution in [2.75, 3.05) is 6.54 Å². The summed E-state index contributed by atoms with van der Waals surface area (Å²) in [5.41, 5.74) is 2.64. The number of aromatic nitrogens is 2. The van der Waals surface area contributed by atoms with Gasteiger partial charge in [0.05, 0.1) is 12.2 Å². The summed E-state index contributed by atoms with van der Waals surface area (Å²) >= 11 is 1.82. The summed E-state index contributed by atoms with van der Waals surface area (Å²) in [5.74, 6) is 1.08. The molecule has 0 amide bonds. The zero-order valence-electron chi connectivity index (χ0n) is 12.6. The molecule has 0 bridgehead atoms. The topological polar surface area (TPSA) is 29.9 Å². The van der Waals surface area contributed by atoms with Gasteiger partial charge in [-0.3, -0.25) is 0 Å². The molecule has 0 saturated heterocycles. The summed E-state index contributed by atoms with van der Waals surface area (Å²) in [4.78, 5) is 4.48. The Morgan fingerprint density at radius 2 is 2.14 bits per heavy atom. The number of benzene rings is 1. The van der Waals surface area contributed by atoms with Crippen molar-refractivity contribution in [2.45, 2.75) is 33.4 Å². The number of imidazole rings is 1. The number of nitrogens with zero attached hydrogens (tertiary/aromatic N) is 2. The standard InChI is InChI=1S/C17H21N3S/c1-3-8-18-9-15-10-19-13(2)20(15)11-14-12-21-17-7-5-4-6-16(14)17/h4-7,10,12,18H,3,8-9,11H2,1-2H3. The third-order valence-corrected chi connectivity index (χ3v) is 4.77. The molecule has 4 heteroatoms. The van der Waals surface area contributed by atoms with Crippen LogP contribution in [0.1, 0.15) is 30.4 Å². The van der Waals surface area contributed by atoms with Crippen LogP contribution in [0.4, 0.5) is 0 Å². The number of thiophene rings is 1. The Bertz CT molecular complexity index is 727. The molecule has 2 heterocycles. The van der Waals surface area contributed by atoms with Gasteiger partial charge in [0.25, 0.3) is 0 Å². The van der Waals surface area contributed by atoms with E-state index in [1.54, 1.807) is 0 Å². The minimum atomic E-state index is 0.886. The van der Waals surface area contributed by atoms with Crippen LogP contribution in [0.3, 0.4) is 0 Å². The average Bonchev–Trinajstić information content (AvgIpc) is 3.06. The number of fused-ring (bicyclic) bond motifs is 1. The molecule has 21 heavy (non-hydrogen) atoms. The van der Waals surface area contributed by atoms with Gasteiger partial charge in [0.2, 0.25) is 0 Å². The van der Waals surface area contributed by atoms with E-state index in [9.17, 15) is 0 Å². The first-order valence-electron chi connectivity index (χ1n) is 7.46. The van der Waals surface area contributed by atoms with Crippen LogP contribution in [0.15, 0.2) is 35.8 Å². The largest absolute Gasteiger partial charge is 0.327 e. The quantitative estimate of drug-likeness (QED) is 0.698. The lowest BCUT2D eigenvalue weighted by atomic mass is 10.2. The molecule has 0 saturated carbocycles. The van der Waals surface area contributed by atoms with Crippen molar-refractivity contribution in [2.24, 2.45) is 0 Å². The minimum absolute atomic E-state index is 0.886. The molecule has 0 aliphatic carbocycles. The van der Waals surface area contributed by atoms with Crippen LogP contribution in [-0.4, -0.2) is 16.1 Å². The Balaban J connectivity index is 1.85. The number of nitrogens with one attached hydrogen (secondary N) is 1. The van der Waals surface area contributed by atoms with E-state index in [-0.39, 0.29) is 0 Å². The highest BCUT2D eigenvalue weighted by atomic mass is 32.1. The van der Waals surface area contributed by atoms with Crippen molar-refractivity contribution >= 4 is 21.4 Å². The fourth-order valence-electron chi connectivity index (χ4n) is 2.59. The smallest absolute Gasteiger partial charge is 0.106 e. The first-order chi connectivity index (χ1) is 10.3. The fraction of sp³-hybridized carbons (Fsp3) is 0.353. The third-order valence-electron chi connectivity index (χ3n) is 3.76. The van der Waals surface area contributed by atoms with Gasteiger partial charge in [-0.05, 0) is 42.3 Å². The lowest BCUT2D eigenvalue weighted by Crippen LogP contribution is -2.17. The van der Waals surface area contributed by atoms with Crippen molar-refractivity contribution in [1.82, 2.24) is 14.9 Å². The van der Waals surface area contributed by atoms with E-state index in [1.807, 2.05) is 17.5 Å². The summed E-state index contributed by atoms with van der Waals surface area (Å²) in [5, 5.41) is 7.10. The van der Waals surface area contributed by atoms with Gasteiger partial charge >= 0.3 is 0 Å². The Kier molecular flexibility index (Phi) is 4.36. The molecule has 0 aliphatic heterocycles. The highest BCUT2D eigenvalue weighted by Gasteiger charge is 2.10. The molecule has 0 atom stereocenters. The van der Waals surface area contributed by atoms with Gasteiger partial charge in [0.1, 0.15) is 5.82 Å². The molecule has 110 valence electrons. The van der Waals surface area contributed by atoms with E-state index in [0.29, 0.717) is 0 Å². The fourth-order valence-corrected chi connectivity index (χ4v) is 3.54. The van der Waals surface area contributed by atoms with Gasteiger partial charge in [0.15, 0.2) is 0 Å². The Morgan fingerprint density at radius 1 is 1.29 bits per heavy atom. The maximum absolute atomic E-state index is 4.48. The summed E-state index contributed by atoms with van der Waals surface area (Å²) < 4.78 is 3.67. The zero-order chi connectivity index (χ0) is 14.7. The van der Waals surface area contributed by atoms with E-state index < -0.39 is 0 Å². The lowest BCUT2D eigenvalue weighted by Gasteiger charge is -2.10. The van der Waals surface area contributed by atoms with Crippen LogP contribution in [0.5, 0.6) is 0 Å². The Labute approximate surface area is 129 Å². The highest BCUT2D eigenvalue weighted by molar-refractivity contribution is 7.17. The molecule has 0 radical (unpaired) electrons. The van der Waals surface area contributed by atoms with Gasteiger partial charge < -0.3 is 9.88 Å². The zero-order valence-corrected chi connectivity index (χ0v) is 13.4. The summed E-state index contributed by atoms with van der Waals surface area (Å²) in [6, 6.07) is 8.62. The first-order valence-corrected chi connectivity index (χ1v) is 8.34. The molecular formula is C17H21N3S. The van der Waals surface area contributed by atoms with E-state index in [1.165, 1.54) is 21.3 Å². The van der Waals surface area contributed by atoms with E-state index in [2.05, 4.69) is 58.4 Å². The summed E-state index contributed by atoms with van der Waals surface area (Å²) in [6.07, 6.45) is 3.15. The number of hydrogen-bond acceptors (Lipinski definition) is 3. The van der Waals surface area contributed by atoms with Crippen molar-refractivity contribution in [1.29, 1.82) is 0 Å². The Morgan fingerprint density at radius 3 is 3.00 bits per heavy atom. The molecule has 2 aromatic heterocycles. The van der Waals surface area contributed by atoms with Crippen molar-refractivity contribution < 1.29 is 0 Å². The molecule has 1 aromatic carbocycles. The molecule has 3 nitrogen and oxygen atoms in total. The molecular weight excluding hydrogens is 278 g/mol. The van der Waals surface area contributed by atoms with Crippen LogP contribution >= 0.6 is 11.3 Å². The van der Waals surface area contributed by atoms with Crippen LogP contribution in [-0.2, 0) is 13.1 Å². The van der Waals surface area contributed by atoms with E-state index >= 15 is 0 Å². The maximum Gasteiger partial charge on any atom is 0.106 e. The monoisotopic (exact) mass is 299 g/mol. The van der Waals surface area contributed by atoms with Gasteiger partial charge in [-0.2, -0.15) is 0 Å². The number of hydrogen-bond donors (Lipinski definition) is 1. The molecule has 3 aromatic rings. The number of rotatable bonds is 6. The SMILES string of the molecule is CCCNCc1cnc(C)n1Cc1csc2ccccc12. The normalized spacial score (nSPS) is 11.3. The molecule has 0 aliphatic rings. The van der Waals surface area contributed by atoms with Crippen LogP contribution in [0.2, 0.25) is 0 Å². The predicted molar refractivity (Wildman–Crippen MR) is 89.9 cm³/mol. The van der Waals surface area contributed by atoms with Crippen LogP contribution in [0.25, 0.3) is 10.1 Å². The van der Waals surface area contributed by atoms with Gasteiger partial charge in [-0.15, -0.1) is 11.3 Å². The molecule has 0 fully saturated rings. The molecule has 3 rings (SSSR count). The first kappa shape index (κ1) is 14.3. The van der Waals surface area contributed by atoms with Gasteiger partial charge in [-0.1, -0.05) is 25.1 Å². The van der Waals surface area contributed by atoms with E-state index in [0.717, 1.165) is 31.9 Å². The lowest BCUT2D eigenvalue weighted by molar-refractivity contribution is 0.624. The Hall–Kier alpha value is -1.65. The maximum atomic E-state index is 4.48. The predicted octanol–water partition coefficient (Wildman–Crippen LogP) is 3.95. The highest BCUT2D eigenvalue weighted by Crippen LogP contribution is 2.26. The molecule has 0 unspecified atom stereocenters. The number of aryl methyl sites for hydroxylation is 1. The minimum Gasteiger partial charge on any atom is -0.327 e. The van der Waals surface area contributed by atoms with Crippen molar-refractivity contribution in [3.63, 3.8) is 0 Å². The van der Waals surface area contributed by atoms with Crippen LogP contribution in [0, 0.1) is 6.92 Å². The van der Waals surface area contributed by atoms with E-state index in [4.69, 9.17) is 0 Å². The van der Waals surface area contributed by atoms with Gasteiger partial charge in [-0.25, -0.2) is 4.98 Å².